The third-order valence-corrected chi connectivity index (χ3v) is 8.16. The van der Waals surface area contributed by atoms with Crippen LogP contribution in [0.2, 0.25) is 0 Å². The highest BCUT2D eigenvalue weighted by atomic mass is 31.2. The molecule has 0 amide bonds. The minimum absolute atomic E-state index is 0.795. The summed E-state index contributed by atoms with van der Waals surface area (Å²) in [5.41, 5.74) is 2.96. The van der Waals surface area contributed by atoms with Crippen molar-refractivity contribution in [1.82, 2.24) is 0 Å². The molecule has 29 heavy (non-hydrogen) atoms. The quantitative estimate of drug-likeness (QED) is 0.438. The lowest BCUT2D eigenvalue weighted by Crippen LogP contribution is -2.25. The summed E-state index contributed by atoms with van der Waals surface area (Å²) in [7, 11) is -1.33. The van der Waals surface area contributed by atoms with E-state index in [-0.39, 0.29) is 0 Å². The van der Waals surface area contributed by atoms with Gasteiger partial charge in [0.05, 0.1) is 7.11 Å². The number of rotatable bonds is 5. The number of hydrogen-bond donors (Lipinski definition) is 0. The third-order valence-electron chi connectivity index (χ3n) is 5.11. The zero-order chi connectivity index (χ0) is 20.3. The first-order valence-corrected chi connectivity index (χ1v) is 11.2. The third kappa shape index (κ3) is 3.64. The normalized spacial score (nSPS) is 11.2. The van der Waals surface area contributed by atoms with Gasteiger partial charge in [-0.3, -0.25) is 0 Å². The van der Waals surface area contributed by atoms with Crippen molar-refractivity contribution in [3.63, 3.8) is 0 Å². The average Bonchev–Trinajstić information content (AvgIpc) is 2.80. The van der Waals surface area contributed by atoms with Crippen LogP contribution in [-0.4, -0.2) is 7.11 Å². The maximum absolute atomic E-state index is 14.5. The van der Waals surface area contributed by atoms with Crippen molar-refractivity contribution < 1.29 is 9.30 Å². The van der Waals surface area contributed by atoms with E-state index in [1.54, 1.807) is 7.11 Å². The molecule has 0 unspecified atom stereocenters. The van der Waals surface area contributed by atoms with E-state index in [9.17, 15) is 4.57 Å². The minimum Gasteiger partial charge on any atom is -0.496 e. The first-order chi connectivity index (χ1) is 14.1. The second-order valence-electron chi connectivity index (χ2n) is 6.93. The van der Waals surface area contributed by atoms with Crippen molar-refractivity contribution >= 4 is 23.1 Å². The molecule has 4 rings (SSSR count). The Morgan fingerprint density at radius 3 is 1.97 bits per heavy atom. The molecule has 4 aromatic rings. The molecule has 0 heterocycles. The molecule has 2 nitrogen and oxygen atoms in total. The van der Waals surface area contributed by atoms with Crippen molar-refractivity contribution in [2.75, 3.05) is 7.11 Å². The molecule has 4 aromatic carbocycles. The van der Waals surface area contributed by atoms with Crippen LogP contribution in [0.1, 0.15) is 5.56 Å². The fraction of sp³-hybridized carbons (Fsp3) is 0.0769. The highest BCUT2D eigenvalue weighted by molar-refractivity contribution is 7.85. The molecule has 143 valence electrons. The molecule has 1 radical (unpaired) electrons. The molecule has 0 N–H and O–H groups in total. The summed E-state index contributed by atoms with van der Waals surface area (Å²) in [4.78, 5) is 0. The lowest BCUT2D eigenvalue weighted by molar-refractivity contribution is 0.412. The van der Waals surface area contributed by atoms with Gasteiger partial charge in [-0.1, -0.05) is 84.9 Å². The molecular formula is C26H22O2P. The highest BCUT2D eigenvalue weighted by Crippen LogP contribution is 2.43. The van der Waals surface area contributed by atoms with Gasteiger partial charge in [0, 0.05) is 15.9 Å². The predicted octanol–water partition coefficient (Wildman–Crippen LogP) is 5.11. The first kappa shape index (κ1) is 19.2. The van der Waals surface area contributed by atoms with Gasteiger partial charge in [-0.2, -0.15) is 0 Å². The van der Waals surface area contributed by atoms with Crippen LogP contribution < -0.4 is 20.7 Å². The Balaban J connectivity index is 1.90. The van der Waals surface area contributed by atoms with Gasteiger partial charge < -0.3 is 9.30 Å². The molecule has 0 saturated heterocycles. The van der Waals surface area contributed by atoms with Crippen LogP contribution in [0.3, 0.4) is 0 Å². The summed E-state index contributed by atoms with van der Waals surface area (Å²) >= 11 is 0. The summed E-state index contributed by atoms with van der Waals surface area (Å²) in [6, 6.07) is 34.5. The number of benzene rings is 4. The zero-order valence-electron chi connectivity index (χ0n) is 16.5. The minimum atomic E-state index is -3.00. The summed E-state index contributed by atoms with van der Waals surface area (Å²) in [6.45, 7) is 2.02. The summed E-state index contributed by atoms with van der Waals surface area (Å²) in [5.74, 6) is 0.829. The van der Waals surface area contributed by atoms with Gasteiger partial charge >= 0.3 is 0 Å². The Kier molecular flexibility index (Phi) is 5.38. The molecule has 0 spiro atoms. The standard InChI is InChI=1S/C26H22O2P/c1-20-16-17-22(19-26(20)28-2)21-10-9-15-25(18-21)29(27,23-11-5-3-6-12-23)24-13-7-4-8-14-24/h3-9,11-19H,1-2H3. The van der Waals surface area contributed by atoms with Crippen LogP contribution in [0, 0.1) is 13.0 Å². The maximum Gasteiger partial charge on any atom is 0.171 e. The average molecular weight is 397 g/mol. The van der Waals surface area contributed by atoms with Gasteiger partial charge in [-0.15, -0.1) is 0 Å². The van der Waals surface area contributed by atoms with E-state index in [2.05, 4.69) is 6.07 Å². The van der Waals surface area contributed by atoms with Gasteiger partial charge in [0.15, 0.2) is 7.14 Å². The summed E-state index contributed by atoms with van der Waals surface area (Å²) in [6.07, 6.45) is 0. The van der Waals surface area contributed by atoms with Gasteiger partial charge in [0.25, 0.3) is 0 Å². The molecule has 0 fully saturated rings. The fourth-order valence-corrected chi connectivity index (χ4v) is 6.20. The predicted molar refractivity (Wildman–Crippen MR) is 121 cm³/mol. The Morgan fingerprint density at radius 2 is 1.38 bits per heavy atom. The van der Waals surface area contributed by atoms with Crippen LogP contribution in [0.5, 0.6) is 5.75 Å². The summed E-state index contributed by atoms with van der Waals surface area (Å²) < 4.78 is 20.0. The van der Waals surface area contributed by atoms with Crippen LogP contribution in [0.4, 0.5) is 0 Å². The Bertz CT molecular complexity index is 1120. The van der Waals surface area contributed by atoms with Crippen LogP contribution in [-0.2, 0) is 4.57 Å². The lowest BCUT2D eigenvalue weighted by Gasteiger charge is -2.20. The zero-order valence-corrected chi connectivity index (χ0v) is 17.4. The monoisotopic (exact) mass is 397 g/mol. The fourth-order valence-electron chi connectivity index (χ4n) is 3.53. The van der Waals surface area contributed by atoms with Crippen LogP contribution in [0.25, 0.3) is 11.1 Å². The van der Waals surface area contributed by atoms with Gasteiger partial charge in [-0.05, 0) is 41.8 Å². The Labute approximate surface area is 172 Å². The van der Waals surface area contributed by atoms with Crippen LogP contribution in [0.15, 0.2) is 97.1 Å². The summed E-state index contributed by atoms with van der Waals surface area (Å²) in [5, 5.41) is 2.44. The second kappa shape index (κ2) is 8.11. The molecule has 0 aliphatic carbocycles. The van der Waals surface area contributed by atoms with E-state index in [0.29, 0.717) is 0 Å². The van der Waals surface area contributed by atoms with Gasteiger partial charge in [-0.25, -0.2) is 0 Å². The van der Waals surface area contributed by atoms with E-state index in [0.717, 1.165) is 38.4 Å². The smallest absolute Gasteiger partial charge is 0.171 e. The lowest BCUT2D eigenvalue weighted by atomic mass is 10.0. The van der Waals surface area contributed by atoms with E-state index < -0.39 is 7.14 Å². The number of ether oxygens (including phenoxy) is 1. The van der Waals surface area contributed by atoms with E-state index >= 15 is 0 Å². The van der Waals surface area contributed by atoms with Crippen molar-refractivity contribution in [1.29, 1.82) is 0 Å². The second-order valence-corrected chi connectivity index (χ2v) is 9.69. The van der Waals surface area contributed by atoms with Crippen molar-refractivity contribution in [3.8, 4) is 16.9 Å². The molecule has 0 atom stereocenters. The van der Waals surface area contributed by atoms with E-state index in [1.165, 1.54) is 0 Å². The molecule has 0 aliphatic heterocycles. The molecule has 0 aliphatic rings. The number of aryl methyl sites for hydroxylation is 1. The van der Waals surface area contributed by atoms with Crippen molar-refractivity contribution in [2.24, 2.45) is 0 Å². The number of methoxy groups -OCH3 is 1. The highest BCUT2D eigenvalue weighted by Gasteiger charge is 2.29. The molecule has 3 heteroatoms. The van der Waals surface area contributed by atoms with E-state index in [4.69, 9.17) is 4.74 Å². The topological polar surface area (TPSA) is 26.3 Å². The first-order valence-electron chi connectivity index (χ1n) is 9.51. The van der Waals surface area contributed by atoms with Gasteiger partial charge in [0.2, 0.25) is 0 Å². The largest absolute Gasteiger partial charge is 0.496 e. The Morgan fingerprint density at radius 1 is 0.759 bits per heavy atom. The maximum atomic E-state index is 14.5. The van der Waals surface area contributed by atoms with Crippen LogP contribution >= 0.6 is 7.14 Å². The molecule has 0 saturated carbocycles. The SMILES string of the molecule is COc1cc(-c2[c]ccc(P(=O)(c3ccccc3)c3ccccc3)c2)ccc1C. The number of hydrogen-bond acceptors (Lipinski definition) is 2. The Hall–Kier alpha value is -3.09. The van der Waals surface area contributed by atoms with Crippen molar-refractivity contribution in [3.05, 3.63) is 109 Å². The molecule has 0 bridgehead atoms. The van der Waals surface area contributed by atoms with E-state index in [1.807, 2.05) is 104 Å². The molecule has 0 aromatic heterocycles. The molecular weight excluding hydrogens is 375 g/mol. The van der Waals surface area contributed by atoms with Crippen molar-refractivity contribution in [2.45, 2.75) is 6.92 Å². The van der Waals surface area contributed by atoms with Gasteiger partial charge in [0.1, 0.15) is 5.75 Å².